The maximum absolute atomic E-state index is 11.8. The zero-order chi connectivity index (χ0) is 18.1. The number of benzene rings is 1. The lowest BCUT2D eigenvalue weighted by atomic mass is 10.1. The van der Waals surface area contributed by atoms with Crippen molar-refractivity contribution in [1.82, 2.24) is 4.98 Å². The van der Waals surface area contributed by atoms with E-state index in [4.69, 9.17) is 0 Å². The SMILES string of the molecule is COC(=O)c1cc([N+](=O)[O-])ccc1NCCCCNc1ccccn1. The lowest BCUT2D eigenvalue weighted by Crippen LogP contribution is -2.11. The number of nitrogens with zero attached hydrogens (tertiary/aromatic N) is 2. The molecule has 2 N–H and O–H groups in total. The highest BCUT2D eigenvalue weighted by Gasteiger charge is 2.16. The molecule has 8 heteroatoms. The van der Waals surface area contributed by atoms with E-state index >= 15 is 0 Å². The summed E-state index contributed by atoms with van der Waals surface area (Å²) in [5, 5.41) is 17.2. The number of nitro groups is 1. The third kappa shape index (κ3) is 5.45. The Hall–Kier alpha value is -3.16. The first-order valence-electron chi connectivity index (χ1n) is 7.87. The monoisotopic (exact) mass is 344 g/mol. The van der Waals surface area contributed by atoms with Crippen molar-refractivity contribution in [2.45, 2.75) is 12.8 Å². The molecule has 0 aliphatic carbocycles. The quantitative estimate of drug-likeness (QED) is 0.311. The third-order valence-corrected chi connectivity index (χ3v) is 3.51. The molecule has 132 valence electrons. The Kier molecular flexibility index (Phi) is 6.70. The number of carbonyl (C=O) groups excluding carboxylic acids is 1. The molecule has 2 aromatic rings. The van der Waals surface area contributed by atoms with Gasteiger partial charge in [0.25, 0.3) is 5.69 Å². The van der Waals surface area contributed by atoms with E-state index in [9.17, 15) is 14.9 Å². The number of ether oxygens (including phenoxy) is 1. The van der Waals surface area contributed by atoms with Crippen molar-refractivity contribution in [3.63, 3.8) is 0 Å². The van der Waals surface area contributed by atoms with Gasteiger partial charge in [-0.2, -0.15) is 0 Å². The summed E-state index contributed by atoms with van der Waals surface area (Å²) < 4.78 is 4.69. The molecule has 1 aromatic heterocycles. The standard InChI is InChI=1S/C17H20N4O4/c1-25-17(22)14-12-13(21(23)24)7-8-15(14)18-9-4-5-11-20-16-6-2-3-10-19-16/h2-3,6-8,10,12,18H,4-5,9,11H2,1H3,(H,19,20). The van der Waals surface area contributed by atoms with E-state index < -0.39 is 10.9 Å². The topological polar surface area (TPSA) is 106 Å². The molecule has 0 fully saturated rings. The molecule has 1 aromatic carbocycles. The summed E-state index contributed by atoms with van der Waals surface area (Å²) in [6.45, 7) is 1.41. The number of nitrogens with one attached hydrogen (secondary N) is 2. The van der Waals surface area contributed by atoms with Gasteiger partial charge in [-0.05, 0) is 31.0 Å². The first-order valence-corrected chi connectivity index (χ1v) is 7.87. The number of hydrogen-bond donors (Lipinski definition) is 2. The van der Waals surface area contributed by atoms with Crippen LogP contribution in [0.5, 0.6) is 0 Å². The Morgan fingerprint density at radius 1 is 1.20 bits per heavy atom. The molecule has 0 atom stereocenters. The van der Waals surface area contributed by atoms with Crippen LogP contribution in [0.2, 0.25) is 0 Å². The second-order valence-corrected chi connectivity index (χ2v) is 5.25. The van der Waals surface area contributed by atoms with Gasteiger partial charge in [0.05, 0.1) is 17.6 Å². The number of methoxy groups -OCH3 is 1. The van der Waals surface area contributed by atoms with Crippen molar-refractivity contribution < 1.29 is 14.5 Å². The van der Waals surface area contributed by atoms with Gasteiger partial charge in [0.2, 0.25) is 0 Å². The molecule has 0 saturated heterocycles. The van der Waals surface area contributed by atoms with E-state index in [0.717, 1.165) is 25.2 Å². The molecular formula is C17H20N4O4. The largest absolute Gasteiger partial charge is 0.465 e. The maximum atomic E-state index is 11.8. The Morgan fingerprint density at radius 3 is 2.60 bits per heavy atom. The Bertz CT molecular complexity index is 722. The number of non-ortho nitro benzene ring substituents is 1. The normalized spacial score (nSPS) is 10.1. The van der Waals surface area contributed by atoms with Crippen LogP contribution in [-0.2, 0) is 4.74 Å². The molecule has 0 amide bonds. The summed E-state index contributed by atoms with van der Waals surface area (Å²) in [7, 11) is 1.24. The van der Waals surface area contributed by atoms with Crippen LogP contribution in [0.1, 0.15) is 23.2 Å². The summed E-state index contributed by atoms with van der Waals surface area (Å²) in [6, 6.07) is 9.78. The fourth-order valence-corrected chi connectivity index (χ4v) is 2.24. The Labute approximate surface area is 145 Å². The van der Waals surface area contributed by atoms with Crippen LogP contribution in [0, 0.1) is 10.1 Å². The molecule has 2 rings (SSSR count). The highest BCUT2D eigenvalue weighted by Crippen LogP contribution is 2.23. The zero-order valence-corrected chi connectivity index (χ0v) is 13.9. The minimum absolute atomic E-state index is 0.148. The molecule has 25 heavy (non-hydrogen) atoms. The molecule has 0 spiro atoms. The van der Waals surface area contributed by atoms with Crippen LogP contribution in [0.15, 0.2) is 42.6 Å². The number of rotatable bonds is 9. The van der Waals surface area contributed by atoms with E-state index in [1.54, 1.807) is 6.20 Å². The fraction of sp³-hybridized carbons (Fsp3) is 0.294. The Balaban J connectivity index is 1.83. The van der Waals surface area contributed by atoms with Crippen molar-refractivity contribution in [2.75, 3.05) is 30.8 Å². The Morgan fingerprint density at radius 2 is 1.96 bits per heavy atom. The smallest absolute Gasteiger partial charge is 0.340 e. The molecule has 0 bridgehead atoms. The van der Waals surface area contributed by atoms with Gasteiger partial charge in [-0.3, -0.25) is 10.1 Å². The minimum Gasteiger partial charge on any atom is -0.465 e. The van der Waals surface area contributed by atoms with Crippen molar-refractivity contribution in [1.29, 1.82) is 0 Å². The number of carbonyl (C=O) groups is 1. The second-order valence-electron chi connectivity index (χ2n) is 5.25. The summed E-state index contributed by atoms with van der Waals surface area (Å²) >= 11 is 0. The first-order chi connectivity index (χ1) is 12.1. The van der Waals surface area contributed by atoms with Gasteiger partial charge in [-0.25, -0.2) is 9.78 Å². The lowest BCUT2D eigenvalue weighted by molar-refractivity contribution is -0.384. The van der Waals surface area contributed by atoms with Crippen LogP contribution < -0.4 is 10.6 Å². The van der Waals surface area contributed by atoms with Crippen LogP contribution in [0.3, 0.4) is 0 Å². The number of anilines is 2. The van der Waals surface area contributed by atoms with Gasteiger partial charge >= 0.3 is 5.97 Å². The number of unbranched alkanes of at least 4 members (excludes halogenated alkanes) is 1. The highest BCUT2D eigenvalue weighted by atomic mass is 16.6. The van der Waals surface area contributed by atoms with E-state index in [-0.39, 0.29) is 11.3 Å². The predicted molar refractivity (Wildman–Crippen MR) is 94.9 cm³/mol. The van der Waals surface area contributed by atoms with Gasteiger partial charge < -0.3 is 15.4 Å². The van der Waals surface area contributed by atoms with Crippen molar-refractivity contribution in [3.05, 3.63) is 58.3 Å². The molecule has 0 aliphatic heterocycles. The number of pyridine rings is 1. The van der Waals surface area contributed by atoms with E-state index in [2.05, 4.69) is 20.4 Å². The van der Waals surface area contributed by atoms with Crippen molar-refractivity contribution in [3.8, 4) is 0 Å². The van der Waals surface area contributed by atoms with E-state index in [0.29, 0.717) is 12.2 Å². The fourth-order valence-electron chi connectivity index (χ4n) is 2.24. The molecule has 0 unspecified atom stereocenters. The maximum Gasteiger partial charge on any atom is 0.340 e. The van der Waals surface area contributed by atoms with E-state index in [1.807, 2.05) is 18.2 Å². The summed E-state index contributed by atoms with van der Waals surface area (Å²) in [5.74, 6) is 0.224. The average Bonchev–Trinajstić information content (AvgIpc) is 2.64. The van der Waals surface area contributed by atoms with Gasteiger partial charge in [-0.15, -0.1) is 0 Å². The number of hydrogen-bond acceptors (Lipinski definition) is 7. The van der Waals surface area contributed by atoms with Gasteiger partial charge in [0.15, 0.2) is 0 Å². The third-order valence-electron chi connectivity index (χ3n) is 3.51. The highest BCUT2D eigenvalue weighted by molar-refractivity contribution is 5.96. The summed E-state index contributed by atoms with van der Waals surface area (Å²) in [6.07, 6.45) is 3.49. The second kappa shape index (κ2) is 9.21. The number of aromatic nitrogens is 1. The molecule has 0 aliphatic rings. The van der Waals surface area contributed by atoms with Gasteiger partial charge in [0.1, 0.15) is 5.82 Å². The molecule has 0 radical (unpaired) electrons. The van der Waals surface area contributed by atoms with Gasteiger partial charge in [-0.1, -0.05) is 6.07 Å². The molecular weight excluding hydrogens is 324 g/mol. The molecule has 8 nitrogen and oxygen atoms in total. The summed E-state index contributed by atoms with van der Waals surface area (Å²) in [4.78, 5) is 26.3. The van der Waals surface area contributed by atoms with Crippen molar-refractivity contribution in [2.24, 2.45) is 0 Å². The van der Waals surface area contributed by atoms with Crippen LogP contribution in [0.25, 0.3) is 0 Å². The number of esters is 1. The first kappa shape index (κ1) is 18.2. The van der Waals surface area contributed by atoms with E-state index in [1.165, 1.54) is 25.3 Å². The summed E-state index contributed by atoms with van der Waals surface area (Å²) in [5.41, 5.74) is 0.531. The lowest BCUT2D eigenvalue weighted by Gasteiger charge is -2.11. The molecule has 1 heterocycles. The van der Waals surface area contributed by atoms with Gasteiger partial charge in [0, 0.05) is 37.1 Å². The average molecular weight is 344 g/mol. The van der Waals surface area contributed by atoms with Crippen LogP contribution in [0.4, 0.5) is 17.2 Å². The zero-order valence-electron chi connectivity index (χ0n) is 13.9. The number of nitro benzene ring substituents is 1. The predicted octanol–water partition coefficient (Wildman–Crippen LogP) is 3.08. The van der Waals surface area contributed by atoms with Crippen molar-refractivity contribution >= 4 is 23.2 Å². The molecule has 0 saturated carbocycles. The van der Waals surface area contributed by atoms with Crippen LogP contribution in [-0.4, -0.2) is 36.1 Å². The minimum atomic E-state index is -0.608. The van der Waals surface area contributed by atoms with Crippen LogP contribution >= 0.6 is 0 Å².